The van der Waals surface area contributed by atoms with E-state index in [1.807, 2.05) is 13.8 Å². The van der Waals surface area contributed by atoms with Gasteiger partial charge in [-0.3, -0.25) is 0 Å². The monoisotopic (exact) mass is 160 g/mol. The van der Waals surface area contributed by atoms with Crippen molar-refractivity contribution in [2.24, 2.45) is 5.92 Å². The van der Waals surface area contributed by atoms with Gasteiger partial charge in [0.05, 0.1) is 24.4 Å². The summed E-state index contributed by atoms with van der Waals surface area (Å²) < 4.78 is 5.34. The predicted octanol–water partition coefficient (Wildman–Crippen LogP) is 0.152. The van der Waals surface area contributed by atoms with Crippen molar-refractivity contribution in [3.05, 3.63) is 0 Å². The summed E-state index contributed by atoms with van der Waals surface area (Å²) in [6, 6.07) is 0. The fourth-order valence-electron chi connectivity index (χ4n) is 1.78. The predicted molar refractivity (Wildman–Crippen MR) is 41.2 cm³/mol. The zero-order chi connectivity index (χ0) is 8.59. The van der Waals surface area contributed by atoms with Gasteiger partial charge in [0, 0.05) is 5.92 Å². The Kier molecular flexibility index (Phi) is 2.52. The summed E-state index contributed by atoms with van der Waals surface area (Å²) in [6.07, 6.45) is -1.21. The molecule has 66 valence electrons. The number of ether oxygens (including phenoxy) is 1. The van der Waals surface area contributed by atoms with Gasteiger partial charge in [-0.25, -0.2) is 0 Å². The fourth-order valence-corrected chi connectivity index (χ4v) is 1.78. The number of hydrogen-bond donors (Lipinski definition) is 2. The Morgan fingerprint density at radius 1 is 1.27 bits per heavy atom. The summed E-state index contributed by atoms with van der Waals surface area (Å²) in [5.41, 5.74) is 0. The molecule has 0 aromatic rings. The van der Waals surface area contributed by atoms with E-state index in [0.717, 1.165) is 0 Å². The van der Waals surface area contributed by atoms with Crippen LogP contribution in [-0.2, 0) is 4.74 Å². The maximum Gasteiger partial charge on any atom is 0.0876 e. The average molecular weight is 160 g/mol. The molecule has 5 atom stereocenters. The van der Waals surface area contributed by atoms with Crippen molar-refractivity contribution >= 4 is 0 Å². The van der Waals surface area contributed by atoms with Crippen LogP contribution < -0.4 is 0 Å². The first-order valence-electron chi connectivity index (χ1n) is 4.05. The van der Waals surface area contributed by atoms with Gasteiger partial charge in [0.1, 0.15) is 0 Å². The van der Waals surface area contributed by atoms with E-state index >= 15 is 0 Å². The fraction of sp³-hybridized carbons (Fsp3) is 1.00. The molecule has 0 radical (unpaired) electrons. The van der Waals surface area contributed by atoms with Gasteiger partial charge >= 0.3 is 0 Å². The van der Waals surface area contributed by atoms with Crippen molar-refractivity contribution in [1.82, 2.24) is 0 Å². The molecule has 1 rings (SSSR count). The van der Waals surface area contributed by atoms with E-state index in [1.165, 1.54) is 0 Å². The first-order chi connectivity index (χ1) is 5.04. The quantitative estimate of drug-likeness (QED) is 0.574. The summed E-state index contributed by atoms with van der Waals surface area (Å²) in [7, 11) is 0. The minimum absolute atomic E-state index is 0.0417. The molecule has 1 aliphatic rings. The van der Waals surface area contributed by atoms with Crippen LogP contribution in [0.25, 0.3) is 0 Å². The van der Waals surface area contributed by atoms with Gasteiger partial charge in [0.15, 0.2) is 0 Å². The minimum atomic E-state index is -0.523. The highest BCUT2D eigenvalue weighted by Gasteiger charge is 2.41. The van der Waals surface area contributed by atoms with Crippen molar-refractivity contribution in [2.75, 3.05) is 0 Å². The molecule has 0 aromatic heterocycles. The minimum Gasteiger partial charge on any atom is -0.393 e. The number of rotatable bonds is 1. The molecule has 3 heteroatoms. The maximum absolute atomic E-state index is 9.51. The Morgan fingerprint density at radius 2 is 1.82 bits per heavy atom. The molecule has 1 heterocycles. The van der Waals surface area contributed by atoms with Crippen LogP contribution in [0.5, 0.6) is 0 Å². The Hall–Kier alpha value is -0.120. The summed E-state index contributed by atoms with van der Waals surface area (Å²) in [5, 5.41) is 18.8. The molecular weight excluding hydrogens is 144 g/mol. The number of aliphatic hydroxyl groups excluding tert-OH is 2. The second kappa shape index (κ2) is 3.09. The Balaban J connectivity index is 2.63. The first-order valence-corrected chi connectivity index (χ1v) is 4.05. The van der Waals surface area contributed by atoms with Gasteiger partial charge in [-0.15, -0.1) is 0 Å². The van der Waals surface area contributed by atoms with Crippen molar-refractivity contribution < 1.29 is 14.9 Å². The van der Waals surface area contributed by atoms with Crippen molar-refractivity contribution in [3.63, 3.8) is 0 Å². The Bertz CT molecular complexity index is 135. The largest absolute Gasteiger partial charge is 0.393 e. The molecule has 0 amide bonds. The van der Waals surface area contributed by atoms with E-state index in [0.29, 0.717) is 0 Å². The van der Waals surface area contributed by atoms with Crippen LogP contribution in [0, 0.1) is 5.92 Å². The van der Waals surface area contributed by atoms with Crippen LogP contribution in [0.15, 0.2) is 0 Å². The van der Waals surface area contributed by atoms with Crippen LogP contribution in [0.4, 0.5) is 0 Å². The van der Waals surface area contributed by atoms with Crippen molar-refractivity contribution in [3.8, 4) is 0 Å². The zero-order valence-electron chi connectivity index (χ0n) is 7.19. The molecule has 0 bridgehead atoms. The van der Waals surface area contributed by atoms with E-state index < -0.39 is 12.2 Å². The van der Waals surface area contributed by atoms with Gasteiger partial charge in [-0.05, 0) is 20.8 Å². The summed E-state index contributed by atoms with van der Waals surface area (Å²) in [4.78, 5) is 0. The molecule has 11 heavy (non-hydrogen) atoms. The lowest BCUT2D eigenvalue weighted by molar-refractivity contribution is 0.0283. The average Bonchev–Trinajstić information content (AvgIpc) is 2.07. The van der Waals surface area contributed by atoms with Gasteiger partial charge in [0.2, 0.25) is 0 Å². The second-order valence-corrected chi connectivity index (χ2v) is 3.35. The molecule has 1 aliphatic heterocycles. The molecule has 1 saturated heterocycles. The van der Waals surface area contributed by atoms with Gasteiger partial charge in [-0.1, -0.05) is 0 Å². The van der Waals surface area contributed by atoms with E-state index in [1.54, 1.807) is 6.92 Å². The molecule has 3 nitrogen and oxygen atoms in total. The van der Waals surface area contributed by atoms with Gasteiger partial charge in [-0.2, -0.15) is 0 Å². The smallest absolute Gasteiger partial charge is 0.0876 e. The van der Waals surface area contributed by atoms with E-state index in [2.05, 4.69) is 0 Å². The van der Waals surface area contributed by atoms with Crippen molar-refractivity contribution in [2.45, 2.75) is 45.2 Å². The number of aliphatic hydroxyl groups is 2. The highest BCUT2D eigenvalue weighted by molar-refractivity contribution is 4.88. The molecule has 0 spiro atoms. The van der Waals surface area contributed by atoms with Crippen LogP contribution in [-0.4, -0.2) is 34.6 Å². The van der Waals surface area contributed by atoms with Crippen LogP contribution >= 0.6 is 0 Å². The molecule has 0 aromatic carbocycles. The standard InChI is InChI=1S/C8H16O3/c1-4(9)7-5(2)11-6(3)8(7)10/h4-10H,1-3H3. The van der Waals surface area contributed by atoms with Crippen LogP contribution in [0.1, 0.15) is 20.8 Å². The van der Waals surface area contributed by atoms with Crippen LogP contribution in [0.3, 0.4) is 0 Å². The number of hydrogen-bond acceptors (Lipinski definition) is 3. The SMILES string of the molecule is CC(O)C1C(C)OC(C)C1O. The van der Waals surface area contributed by atoms with Crippen LogP contribution in [0.2, 0.25) is 0 Å². The molecule has 0 aliphatic carbocycles. The second-order valence-electron chi connectivity index (χ2n) is 3.35. The topological polar surface area (TPSA) is 49.7 Å². The summed E-state index contributed by atoms with van der Waals surface area (Å²) in [5.74, 6) is -0.134. The van der Waals surface area contributed by atoms with E-state index in [9.17, 15) is 10.2 Å². The molecule has 1 fully saturated rings. The molecule has 5 unspecified atom stereocenters. The summed E-state index contributed by atoms with van der Waals surface area (Å²) in [6.45, 7) is 5.39. The highest BCUT2D eigenvalue weighted by atomic mass is 16.5. The maximum atomic E-state index is 9.51. The van der Waals surface area contributed by atoms with Crippen molar-refractivity contribution in [1.29, 1.82) is 0 Å². The lowest BCUT2D eigenvalue weighted by Crippen LogP contribution is -2.33. The third-order valence-electron chi connectivity index (χ3n) is 2.40. The third kappa shape index (κ3) is 1.55. The highest BCUT2D eigenvalue weighted by Crippen LogP contribution is 2.28. The molecular formula is C8H16O3. The van der Waals surface area contributed by atoms with E-state index in [4.69, 9.17) is 4.74 Å². The zero-order valence-corrected chi connectivity index (χ0v) is 7.19. The first kappa shape index (κ1) is 8.97. The lowest BCUT2D eigenvalue weighted by atomic mass is 9.92. The summed E-state index contributed by atoms with van der Waals surface area (Å²) >= 11 is 0. The van der Waals surface area contributed by atoms with E-state index in [-0.39, 0.29) is 18.1 Å². The Morgan fingerprint density at radius 3 is 2.00 bits per heavy atom. The lowest BCUT2D eigenvalue weighted by Gasteiger charge is -2.19. The normalized spacial score (nSPS) is 47.7. The molecule has 2 N–H and O–H groups in total. The Labute approximate surface area is 67.0 Å². The van der Waals surface area contributed by atoms with Gasteiger partial charge < -0.3 is 14.9 Å². The third-order valence-corrected chi connectivity index (χ3v) is 2.40. The van der Waals surface area contributed by atoms with Gasteiger partial charge in [0.25, 0.3) is 0 Å². The molecule has 0 saturated carbocycles.